The first-order valence-corrected chi connectivity index (χ1v) is 20.5. The summed E-state index contributed by atoms with van der Waals surface area (Å²) in [4.78, 5) is 12.4. The molecular weight excluding hydrogens is 726 g/mol. The first kappa shape index (κ1) is 41.6. The van der Waals surface area contributed by atoms with Gasteiger partial charge in [0.15, 0.2) is 5.75 Å². The molecule has 0 spiro atoms. The van der Waals surface area contributed by atoms with Crippen molar-refractivity contribution in [3.63, 3.8) is 0 Å². The number of hydrogen-bond donors (Lipinski definition) is 0. The highest BCUT2D eigenvalue weighted by molar-refractivity contribution is 5.88. The fourth-order valence-corrected chi connectivity index (χ4v) is 7.50. The largest absolute Gasteiger partial charge is 0.492 e. The molecule has 0 N–H and O–H groups in total. The van der Waals surface area contributed by atoms with Gasteiger partial charge in [0.25, 0.3) is 0 Å². The van der Waals surface area contributed by atoms with Crippen LogP contribution >= 0.6 is 0 Å². The van der Waals surface area contributed by atoms with Gasteiger partial charge < -0.3 is 28.4 Å². The highest BCUT2D eigenvalue weighted by Crippen LogP contribution is 2.41. The van der Waals surface area contributed by atoms with Crippen LogP contribution in [-0.4, -0.2) is 103 Å². The molecule has 306 valence electrons. The number of imidazole rings is 1. The van der Waals surface area contributed by atoms with Crippen molar-refractivity contribution in [1.29, 1.82) is 0 Å². The van der Waals surface area contributed by atoms with Crippen molar-refractivity contribution in [3.8, 4) is 40.1 Å². The number of nitrogens with zero attached hydrogens (tertiary/aromatic N) is 5. The number of likely N-dealkylation sites (tertiary alicyclic amines) is 2. The van der Waals surface area contributed by atoms with Gasteiger partial charge in [0.2, 0.25) is 0 Å². The lowest BCUT2D eigenvalue weighted by molar-refractivity contribution is -0.140. The van der Waals surface area contributed by atoms with Gasteiger partial charge in [-0.3, -0.25) is 9.80 Å². The van der Waals surface area contributed by atoms with E-state index in [0.717, 1.165) is 114 Å². The number of aryl methyl sites for hydroxylation is 1. The number of alkyl halides is 3. The SMILES string of the molecule is CCCCn1c(-c2ccc(Oc3ccc(F)c(C(F)(F)F)c3)cc2OCCN2CCCC2)nc2c(OCCCN(CC)CC)cc(OCCN3CCCC3)cc21. The number of halogens is 4. The third-order valence-corrected chi connectivity index (χ3v) is 10.7. The van der Waals surface area contributed by atoms with Gasteiger partial charge in [-0.1, -0.05) is 27.2 Å². The van der Waals surface area contributed by atoms with Crippen molar-refractivity contribution >= 4 is 11.0 Å². The normalized spacial score (nSPS) is 15.4. The molecule has 0 atom stereocenters. The first-order chi connectivity index (χ1) is 27.2. The highest BCUT2D eigenvalue weighted by Gasteiger charge is 2.34. The fraction of sp³-hybridized carbons (Fsp3) is 0.558. The number of ether oxygens (including phenoxy) is 4. The van der Waals surface area contributed by atoms with Crippen LogP contribution in [0.15, 0.2) is 48.5 Å². The molecule has 0 amide bonds. The van der Waals surface area contributed by atoms with Gasteiger partial charge in [-0.05, 0) is 108 Å². The van der Waals surface area contributed by atoms with Crippen LogP contribution in [0.1, 0.15) is 71.3 Å². The summed E-state index contributed by atoms with van der Waals surface area (Å²) in [7, 11) is 0. The third-order valence-electron chi connectivity index (χ3n) is 10.7. The van der Waals surface area contributed by atoms with E-state index in [4.69, 9.17) is 23.9 Å². The lowest BCUT2D eigenvalue weighted by Gasteiger charge is -2.18. The van der Waals surface area contributed by atoms with Crippen molar-refractivity contribution in [2.24, 2.45) is 0 Å². The summed E-state index contributed by atoms with van der Waals surface area (Å²) in [5.74, 6) is 1.31. The Kier molecular flexibility index (Phi) is 14.7. The van der Waals surface area contributed by atoms with Crippen molar-refractivity contribution in [3.05, 3.63) is 59.9 Å². The second-order valence-corrected chi connectivity index (χ2v) is 14.7. The summed E-state index contributed by atoms with van der Waals surface area (Å²) in [6.45, 7) is 17.4. The molecule has 2 fully saturated rings. The Balaban J connectivity index is 1.37. The van der Waals surface area contributed by atoms with E-state index in [1.165, 1.54) is 18.9 Å². The Morgan fingerprint density at radius 3 is 1.98 bits per heavy atom. The summed E-state index contributed by atoms with van der Waals surface area (Å²) < 4.78 is 82.2. The molecule has 2 aliphatic heterocycles. The van der Waals surface area contributed by atoms with Gasteiger partial charge in [-0.2, -0.15) is 13.2 Å². The Bertz CT molecular complexity index is 1850. The van der Waals surface area contributed by atoms with Crippen LogP contribution in [-0.2, 0) is 12.7 Å². The molecule has 2 aliphatic rings. The molecule has 0 unspecified atom stereocenters. The van der Waals surface area contributed by atoms with Crippen LogP contribution in [0.3, 0.4) is 0 Å². The number of fused-ring (bicyclic) bond motifs is 1. The van der Waals surface area contributed by atoms with Crippen molar-refractivity contribution in [2.45, 2.75) is 78.4 Å². The van der Waals surface area contributed by atoms with Gasteiger partial charge in [0.1, 0.15) is 53.4 Å². The summed E-state index contributed by atoms with van der Waals surface area (Å²) >= 11 is 0. The van der Waals surface area contributed by atoms with E-state index < -0.39 is 17.6 Å². The Labute approximate surface area is 328 Å². The van der Waals surface area contributed by atoms with Crippen LogP contribution in [0.5, 0.6) is 28.7 Å². The highest BCUT2D eigenvalue weighted by atomic mass is 19.4. The standard InChI is InChI=1S/C43H57F4N5O4/c1-4-7-22-52-38-29-34(53-26-23-50-17-8-9-18-50)31-40(54-25-12-21-49(5-2)6-3)41(38)48-42(52)35-15-13-33(30-39(35)55-27-24-51-19-10-11-20-51)56-32-14-16-37(44)36(28-32)43(45,46)47/h13-16,28-31H,4-12,17-27H2,1-3H3. The van der Waals surface area contributed by atoms with Crippen LogP contribution < -0.4 is 18.9 Å². The zero-order chi connectivity index (χ0) is 39.5. The van der Waals surface area contributed by atoms with E-state index in [2.05, 4.69) is 40.0 Å². The van der Waals surface area contributed by atoms with E-state index in [1.807, 2.05) is 18.2 Å². The molecule has 6 rings (SSSR count). The van der Waals surface area contributed by atoms with Gasteiger partial charge in [0.05, 0.1) is 23.3 Å². The molecule has 0 bridgehead atoms. The Morgan fingerprint density at radius 1 is 0.696 bits per heavy atom. The van der Waals surface area contributed by atoms with Crippen molar-refractivity contribution in [2.75, 3.05) is 78.7 Å². The maximum atomic E-state index is 14.1. The molecule has 0 radical (unpaired) electrons. The summed E-state index contributed by atoms with van der Waals surface area (Å²) in [6, 6.07) is 11.8. The third kappa shape index (κ3) is 10.9. The lowest BCUT2D eigenvalue weighted by atomic mass is 10.1. The zero-order valence-electron chi connectivity index (χ0n) is 33.1. The van der Waals surface area contributed by atoms with Gasteiger partial charge >= 0.3 is 6.18 Å². The van der Waals surface area contributed by atoms with E-state index in [9.17, 15) is 17.6 Å². The molecule has 56 heavy (non-hydrogen) atoms. The molecule has 0 saturated carbocycles. The van der Waals surface area contributed by atoms with Gasteiger partial charge in [0, 0.05) is 44.4 Å². The van der Waals surface area contributed by atoms with Crippen LogP contribution in [0.4, 0.5) is 17.6 Å². The molecular formula is C43H57F4N5O4. The van der Waals surface area contributed by atoms with Crippen LogP contribution in [0, 0.1) is 5.82 Å². The maximum absolute atomic E-state index is 14.1. The number of aromatic nitrogens is 2. The summed E-state index contributed by atoms with van der Waals surface area (Å²) in [5.41, 5.74) is 0.939. The van der Waals surface area contributed by atoms with E-state index in [-0.39, 0.29) is 11.5 Å². The molecule has 1 aromatic heterocycles. The van der Waals surface area contributed by atoms with E-state index in [1.54, 1.807) is 12.1 Å². The number of unbranched alkanes of at least 4 members (excludes halogenated alkanes) is 1. The number of rotatable bonds is 21. The topological polar surface area (TPSA) is 64.5 Å². The monoisotopic (exact) mass is 783 g/mol. The maximum Gasteiger partial charge on any atom is 0.419 e. The van der Waals surface area contributed by atoms with Gasteiger partial charge in [-0.25, -0.2) is 9.37 Å². The van der Waals surface area contributed by atoms with E-state index >= 15 is 0 Å². The Morgan fingerprint density at radius 2 is 1.32 bits per heavy atom. The molecule has 9 nitrogen and oxygen atoms in total. The average Bonchev–Trinajstić information content (AvgIpc) is 3.97. The molecule has 0 aliphatic carbocycles. The lowest BCUT2D eigenvalue weighted by Crippen LogP contribution is -2.25. The minimum Gasteiger partial charge on any atom is -0.492 e. The van der Waals surface area contributed by atoms with Crippen molar-refractivity contribution < 1.29 is 36.5 Å². The molecule has 2 saturated heterocycles. The molecule has 4 aromatic rings. The predicted molar refractivity (Wildman–Crippen MR) is 212 cm³/mol. The Hall–Kier alpha value is -4.07. The van der Waals surface area contributed by atoms with Crippen LogP contribution in [0.2, 0.25) is 0 Å². The minimum absolute atomic E-state index is 0.135. The number of benzene rings is 3. The molecule has 3 heterocycles. The minimum atomic E-state index is -4.86. The average molecular weight is 784 g/mol. The summed E-state index contributed by atoms with van der Waals surface area (Å²) in [6.07, 6.45) is 2.61. The zero-order valence-corrected chi connectivity index (χ0v) is 33.1. The molecule has 13 heteroatoms. The molecule has 3 aromatic carbocycles. The number of hydrogen-bond acceptors (Lipinski definition) is 8. The summed E-state index contributed by atoms with van der Waals surface area (Å²) in [5, 5.41) is 0. The van der Waals surface area contributed by atoms with E-state index in [0.29, 0.717) is 55.3 Å². The fourth-order valence-electron chi connectivity index (χ4n) is 7.50. The first-order valence-electron chi connectivity index (χ1n) is 20.5. The predicted octanol–water partition coefficient (Wildman–Crippen LogP) is 9.51. The quantitative estimate of drug-likeness (QED) is 0.0612. The van der Waals surface area contributed by atoms with Crippen LogP contribution in [0.25, 0.3) is 22.4 Å². The second-order valence-electron chi connectivity index (χ2n) is 14.7. The van der Waals surface area contributed by atoms with Crippen molar-refractivity contribution in [1.82, 2.24) is 24.3 Å². The smallest absolute Gasteiger partial charge is 0.419 e. The van der Waals surface area contributed by atoms with Gasteiger partial charge in [-0.15, -0.1) is 0 Å². The second kappa shape index (κ2) is 19.9.